The van der Waals surface area contributed by atoms with Crippen molar-refractivity contribution in [2.75, 3.05) is 0 Å². The van der Waals surface area contributed by atoms with Crippen LogP contribution >= 0.6 is 31.9 Å². The van der Waals surface area contributed by atoms with Gasteiger partial charge >= 0.3 is 0 Å². The SMILES string of the molecule is O=C(CCCC(=O)N/N=C/c1cc(Br)ccc1O)N/N=C/c1cc(Br)ccc1O. The zero-order chi connectivity index (χ0) is 21.2. The van der Waals surface area contributed by atoms with E-state index in [1.165, 1.54) is 24.6 Å². The van der Waals surface area contributed by atoms with Crippen LogP contribution in [0.2, 0.25) is 0 Å². The van der Waals surface area contributed by atoms with Crippen LogP contribution in [0.15, 0.2) is 55.5 Å². The van der Waals surface area contributed by atoms with Gasteiger partial charge in [-0.1, -0.05) is 31.9 Å². The molecule has 0 saturated carbocycles. The summed E-state index contributed by atoms with van der Waals surface area (Å²) in [5, 5.41) is 26.9. The zero-order valence-electron chi connectivity index (χ0n) is 15.1. The second-order valence-electron chi connectivity index (χ2n) is 5.85. The Balaban J connectivity index is 1.69. The molecule has 2 amide bonds. The molecular weight excluding hydrogens is 508 g/mol. The smallest absolute Gasteiger partial charge is 0.240 e. The van der Waals surface area contributed by atoms with Crippen molar-refractivity contribution in [3.8, 4) is 11.5 Å². The van der Waals surface area contributed by atoms with Gasteiger partial charge in [0.05, 0.1) is 12.4 Å². The third-order valence-corrected chi connectivity index (χ3v) is 4.56. The molecule has 0 aliphatic carbocycles. The number of nitrogens with zero attached hydrogens (tertiary/aromatic N) is 2. The molecule has 0 atom stereocenters. The average Bonchev–Trinajstić information content (AvgIpc) is 2.67. The predicted octanol–water partition coefficient (Wildman–Crippen LogP) is 3.39. The molecule has 8 nitrogen and oxygen atoms in total. The Labute approximate surface area is 184 Å². The minimum Gasteiger partial charge on any atom is -0.507 e. The fourth-order valence-corrected chi connectivity index (χ4v) is 2.88. The summed E-state index contributed by atoms with van der Waals surface area (Å²) >= 11 is 6.56. The lowest BCUT2D eigenvalue weighted by Crippen LogP contribution is -2.20. The standard InChI is InChI=1S/C19H18Br2N4O4/c20-14-4-6-16(26)12(8-14)10-22-24-18(28)2-1-3-19(29)25-23-11-13-9-15(21)5-7-17(13)27/h4-11,26-27H,1-3H2,(H,24,28)(H,25,29)/b22-10+,23-11+. The Morgan fingerprint density at radius 3 is 1.66 bits per heavy atom. The Morgan fingerprint density at radius 2 is 1.24 bits per heavy atom. The van der Waals surface area contributed by atoms with Gasteiger partial charge in [-0.3, -0.25) is 9.59 Å². The Bertz CT molecular complexity index is 872. The number of carbonyl (C=O) groups excluding carboxylic acids is 2. The average molecular weight is 526 g/mol. The van der Waals surface area contributed by atoms with Crippen molar-refractivity contribution < 1.29 is 19.8 Å². The number of phenolic OH excluding ortho intramolecular Hbond substituents is 2. The summed E-state index contributed by atoms with van der Waals surface area (Å²) in [4.78, 5) is 23.5. The van der Waals surface area contributed by atoms with E-state index in [4.69, 9.17) is 0 Å². The van der Waals surface area contributed by atoms with Crippen molar-refractivity contribution in [1.82, 2.24) is 10.9 Å². The summed E-state index contributed by atoms with van der Waals surface area (Å²) in [7, 11) is 0. The van der Waals surface area contributed by atoms with E-state index in [9.17, 15) is 19.8 Å². The number of hydrogen-bond acceptors (Lipinski definition) is 6. The number of amides is 2. The number of aromatic hydroxyl groups is 2. The van der Waals surface area contributed by atoms with Crippen LogP contribution in [0.25, 0.3) is 0 Å². The summed E-state index contributed by atoms with van der Waals surface area (Å²) in [6, 6.07) is 9.69. The Morgan fingerprint density at radius 1 is 0.828 bits per heavy atom. The first-order valence-electron chi connectivity index (χ1n) is 8.46. The van der Waals surface area contributed by atoms with E-state index in [0.717, 1.165) is 8.95 Å². The highest BCUT2D eigenvalue weighted by molar-refractivity contribution is 9.10. The molecule has 4 N–H and O–H groups in total. The van der Waals surface area contributed by atoms with Gasteiger partial charge in [0.2, 0.25) is 11.8 Å². The molecule has 152 valence electrons. The van der Waals surface area contributed by atoms with Gasteiger partial charge in [0.25, 0.3) is 0 Å². The van der Waals surface area contributed by atoms with E-state index in [1.807, 2.05) is 0 Å². The first kappa shape index (κ1) is 22.6. The molecule has 0 spiro atoms. The van der Waals surface area contributed by atoms with Gasteiger partial charge in [0, 0.05) is 32.9 Å². The van der Waals surface area contributed by atoms with Crippen molar-refractivity contribution in [1.29, 1.82) is 0 Å². The molecule has 0 unspecified atom stereocenters. The van der Waals surface area contributed by atoms with Crippen LogP contribution in [0.5, 0.6) is 11.5 Å². The summed E-state index contributed by atoms with van der Waals surface area (Å²) in [6.07, 6.45) is 3.18. The third kappa shape index (κ3) is 8.04. The van der Waals surface area contributed by atoms with E-state index in [-0.39, 0.29) is 36.2 Å². The second-order valence-corrected chi connectivity index (χ2v) is 7.68. The molecule has 0 bridgehead atoms. The molecule has 0 aliphatic heterocycles. The van der Waals surface area contributed by atoms with Crippen molar-refractivity contribution in [3.05, 3.63) is 56.5 Å². The van der Waals surface area contributed by atoms with Crippen LogP contribution in [-0.4, -0.2) is 34.5 Å². The lowest BCUT2D eigenvalue weighted by molar-refractivity contribution is -0.122. The lowest BCUT2D eigenvalue weighted by atomic mass is 10.2. The van der Waals surface area contributed by atoms with E-state index >= 15 is 0 Å². The normalized spacial score (nSPS) is 11.1. The maximum absolute atomic E-state index is 11.7. The number of rotatable bonds is 8. The minimum absolute atomic E-state index is 0.0413. The maximum Gasteiger partial charge on any atom is 0.240 e. The van der Waals surface area contributed by atoms with Crippen molar-refractivity contribution >= 4 is 56.1 Å². The molecule has 2 aromatic carbocycles. The van der Waals surface area contributed by atoms with Gasteiger partial charge in [-0.15, -0.1) is 0 Å². The van der Waals surface area contributed by atoms with Crippen LogP contribution < -0.4 is 10.9 Å². The van der Waals surface area contributed by atoms with Gasteiger partial charge in [-0.2, -0.15) is 10.2 Å². The highest BCUT2D eigenvalue weighted by Crippen LogP contribution is 2.20. The molecule has 29 heavy (non-hydrogen) atoms. The first-order chi connectivity index (χ1) is 13.8. The van der Waals surface area contributed by atoms with Gasteiger partial charge in [0.1, 0.15) is 11.5 Å². The molecule has 2 aromatic rings. The fraction of sp³-hybridized carbons (Fsp3) is 0.158. The largest absolute Gasteiger partial charge is 0.507 e. The summed E-state index contributed by atoms with van der Waals surface area (Å²) < 4.78 is 1.54. The number of hydrogen-bond donors (Lipinski definition) is 4. The number of hydrazone groups is 2. The maximum atomic E-state index is 11.7. The van der Waals surface area contributed by atoms with Gasteiger partial charge < -0.3 is 10.2 Å². The van der Waals surface area contributed by atoms with Crippen LogP contribution in [0.3, 0.4) is 0 Å². The van der Waals surface area contributed by atoms with Crippen LogP contribution in [-0.2, 0) is 9.59 Å². The van der Waals surface area contributed by atoms with Gasteiger partial charge in [-0.05, 0) is 42.8 Å². The molecule has 0 radical (unpaired) electrons. The van der Waals surface area contributed by atoms with Crippen LogP contribution in [0, 0.1) is 0 Å². The molecule has 0 saturated heterocycles. The lowest BCUT2D eigenvalue weighted by Gasteiger charge is -2.02. The van der Waals surface area contributed by atoms with E-state index in [2.05, 4.69) is 52.9 Å². The highest BCUT2D eigenvalue weighted by atomic mass is 79.9. The summed E-state index contributed by atoms with van der Waals surface area (Å²) in [5.41, 5.74) is 5.58. The monoisotopic (exact) mass is 524 g/mol. The van der Waals surface area contributed by atoms with E-state index in [1.54, 1.807) is 24.3 Å². The fourth-order valence-electron chi connectivity index (χ4n) is 2.13. The topological polar surface area (TPSA) is 123 Å². The quantitative estimate of drug-likeness (QED) is 0.311. The number of nitrogens with one attached hydrogen (secondary N) is 2. The van der Waals surface area contributed by atoms with E-state index < -0.39 is 0 Å². The summed E-state index contributed by atoms with van der Waals surface area (Å²) in [6.45, 7) is 0. The van der Waals surface area contributed by atoms with E-state index in [0.29, 0.717) is 17.5 Å². The summed E-state index contributed by atoms with van der Waals surface area (Å²) in [5.74, 6) is -0.628. The molecule has 0 aliphatic rings. The van der Waals surface area contributed by atoms with Crippen molar-refractivity contribution in [2.45, 2.75) is 19.3 Å². The Hall–Kier alpha value is -2.72. The molecule has 0 aromatic heterocycles. The number of halogens is 2. The molecule has 2 rings (SSSR count). The third-order valence-electron chi connectivity index (χ3n) is 3.57. The second kappa shape index (κ2) is 11.3. The molecule has 10 heteroatoms. The Kier molecular flexibility index (Phi) is 8.81. The van der Waals surface area contributed by atoms with Gasteiger partial charge in [-0.25, -0.2) is 10.9 Å². The van der Waals surface area contributed by atoms with Crippen LogP contribution in [0.4, 0.5) is 0 Å². The van der Waals surface area contributed by atoms with Crippen molar-refractivity contribution in [3.63, 3.8) is 0 Å². The number of benzene rings is 2. The van der Waals surface area contributed by atoms with Crippen LogP contribution in [0.1, 0.15) is 30.4 Å². The molecule has 0 fully saturated rings. The minimum atomic E-state index is -0.355. The molecular formula is C19H18Br2N4O4. The van der Waals surface area contributed by atoms with Gasteiger partial charge in [0.15, 0.2) is 0 Å². The first-order valence-corrected chi connectivity index (χ1v) is 10.0. The van der Waals surface area contributed by atoms with Crippen molar-refractivity contribution in [2.24, 2.45) is 10.2 Å². The molecule has 0 heterocycles. The number of phenols is 2. The number of carbonyl (C=O) groups is 2. The highest BCUT2D eigenvalue weighted by Gasteiger charge is 2.05. The predicted molar refractivity (Wildman–Crippen MR) is 117 cm³/mol. The zero-order valence-corrected chi connectivity index (χ0v) is 18.3.